The van der Waals surface area contributed by atoms with E-state index in [2.05, 4.69) is 5.32 Å². The maximum atomic E-state index is 12.9. The number of nitrogens with zero attached hydrogens (tertiary/aromatic N) is 1. The van der Waals surface area contributed by atoms with Crippen LogP contribution in [-0.2, 0) is 9.59 Å². The average Bonchev–Trinajstić information content (AvgIpc) is 2.82. The Morgan fingerprint density at radius 3 is 2.21 bits per heavy atom. The molecule has 0 atom stereocenters. The molecule has 0 unspecified atom stereocenters. The summed E-state index contributed by atoms with van der Waals surface area (Å²) in [5, 5.41) is 3.17. The van der Waals surface area contributed by atoms with E-state index in [0.29, 0.717) is 46.0 Å². The summed E-state index contributed by atoms with van der Waals surface area (Å²) in [4.78, 5) is 38.4. The number of halogens is 2. The predicted octanol–water partition coefficient (Wildman–Crippen LogP) is 5.12. The van der Waals surface area contributed by atoms with Crippen molar-refractivity contribution in [3.63, 3.8) is 0 Å². The fourth-order valence-corrected chi connectivity index (χ4v) is 3.50. The van der Waals surface area contributed by atoms with Crippen molar-refractivity contribution >= 4 is 52.8 Å². The standard InChI is InChI=1S/C25H18Cl2N2O5/c26-17-7-9-18(10-8-17)29-24(31)20(23(30)28-25(29)32)15-16-5-11-19(12-6-16)33-13-14-34-22-4-2-1-3-21(22)27/h1-12,15H,13-14H2,(H,28,30,32)/b20-15-. The van der Waals surface area contributed by atoms with Crippen molar-refractivity contribution in [2.75, 3.05) is 18.1 Å². The summed E-state index contributed by atoms with van der Waals surface area (Å²) in [5.41, 5.74) is 0.716. The van der Waals surface area contributed by atoms with Gasteiger partial charge in [0.2, 0.25) is 0 Å². The van der Waals surface area contributed by atoms with E-state index in [-0.39, 0.29) is 5.57 Å². The third kappa shape index (κ3) is 5.39. The van der Waals surface area contributed by atoms with Crippen LogP contribution in [0.5, 0.6) is 11.5 Å². The smallest absolute Gasteiger partial charge is 0.335 e. The van der Waals surface area contributed by atoms with Crippen molar-refractivity contribution in [2.24, 2.45) is 0 Å². The van der Waals surface area contributed by atoms with Crippen LogP contribution in [0, 0.1) is 0 Å². The Morgan fingerprint density at radius 2 is 1.50 bits per heavy atom. The minimum atomic E-state index is -0.822. The number of carbonyl (C=O) groups is 3. The Morgan fingerprint density at radius 1 is 0.824 bits per heavy atom. The van der Waals surface area contributed by atoms with Crippen LogP contribution in [0.15, 0.2) is 78.4 Å². The van der Waals surface area contributed by atoms with Gasteiger partial charge in [-0.2, -0.15) is 0 Å². The number of ether oxygens (including phenoxy) is 2. The number of anilines is 1. The summed E-state index contributed by atoms with van der Waals surface area (Å²) in [6.07, 6.45) is 1.41. The predicted molar refractivity (Wildman–Crippen MR) is 129 cm³/mol. The molecule has 1 fully saturated rings. The molecule has 0 radical (unpaired) electrons. The van der Waals surface area contributed by atoms with Crippen molar-refractivity contribution in [3.8, 4) is 11.5 Å². The molecule has 1 saturated heterocycles. The molecule has 1 heterocycles. The van der Waals surface area contributed by atoms with Gasteiger partial charge in [-0.15, -0.1) is 0 Å². The lowest BCUT2D eigenvalue weighted by molar-refractivity contribution is -0.122. The van der Waals surface area contributed by atoms with Crippen LogP contribution in [0.4, 0.5) is 10.5 Å². The Labute approximate surface area is 205 Å². The first-order chi connectivity index (χ1) is 16.4. The van der Waals surface area contributed by atoms with E-state index >= 15 is 0 Å². The largest absolute Gasteiger partial charge is 0.490 e. The number of nitrogens with one attached hydrogen (secondary N) is 1. The van der Waals surface area contributed by atoms with Crippen molar-refractivity contribution < 1.29 is 23.9 Å². The van der Waals surface area contributed by atoms with E-state index in [1.54, 1.807) is 48.5 Å². The Balaban J connectivity index is 1.41. The molecule has 1 aliphatic rings. The molecule has 0 bridgehead atoms. The molecule has 3 aromatic rings. The van der Waals surface area contributed by atoms with Gasteiger partial charge in [-0.3, -0.25) is 14.9 Å². The fraction of sp³-hybridized carbons (Fsp3) is 0.0800. The van der Waals surface area contributed by atoms with Crippen LogP contribution in [0.1, 0.15) is 5.56 Å². The number of imide groups is 2. The summed E-state index contributed by atoms with van der Waals surface area (Å²) in [6.45, 7) is 0.601. The minimum Gasteiger partial charge on any atom is -0.490 e. The van der Waals surface area contributed by atoms with Gasteiger partial charge in [0, 0.05) is 5.02 Å². The van der Waals surface area contributed by atoms with Gasteiger partial charge >= 0.3 is 6.03 Å². The number of barbiturate groups is 1. The van der Waals surface area contributed by atoms with Gasteiger partial charge in [-0.05, 0) is 60.2 Å². The zero-order chi connectivity index (χ0) is 24.1. The quantitative estimate of drug-likeness (QED) is 0.278. The van der Waals surface area contributed by atoms with E-state index in [9.17, 15) is 14.4 Å². The van der Waals surface area contributed by atoms with E-state index in [4.69, 9.17) is 32.7 Å². The highest BCUT2D eigenvalue weighted by atomic mass is 35.5. The third-order valence-corrected chi connectivity index (χ3v) is 5.39. The molecule has 1 N–H and O–H groups in total. The van der Waals surface area contributed by atoms with Crippen molar-refractivity contribution in [1.29, 1.82) is 0 Å². The van der Waals surface area contributed by atoms with Crippen LogP contribution in [0.3, 0.4) is 0 Å². The molecule has 0 aromatic heterocycles. The maximum absolute atomic E-state index is 12.9. The fourth-order valence-electron chi connectivity index (χ4n) is 3.18. The number of para-hydroxylation sites is 1. The SMILES string of the molecule is O=C1NC(=O)N(c2ccc(Cl)cc2)C(=O)/C1=C\c1ccc(OCCOc2ccccc2Cl)cc1. The second kappa shape index (κ2) is 10.4. The van der Waals surface area contributed by atoms with Gasteiger partial charge in [0.15, 0.2) is 0 Å². The molecule has 3 aromatic carbocycles. The first-order valence-electron chi connectivity index (χ1n) is 10.2. The number of amides is 4. The van der Waals surface area contributed by atoms with Crippen molar-refractivity contribution in [1.82, 2.24) is 5.32 Å². The second-order valence-electron chi connectivity index (χ2n) is 7.13. The number of urea groups is 1. The number of rotatable bonds is 7. The van der Waals surface area contributed by atoms with Gasteiger partial charge < -0.3 is 9.47 Å². The van der Waals surface area contributed by atoms with E-state index < -0.39 is 17.8 Å². The van der Waals surface area contributed by atoms with Crippen LogP contribution >= 0.6 is 23.2 Å². The van der Waals surface area contributed by atoms with Crippen molar-refractivity contribution in [3.05, 3.63) is 94.0 Å². The number of hydrogen-bond donors (Lipinski definition) is 1. The Hall–Kier alpha value is -3.81. The number of benzene rings is 3. The molecule has 1 aliphatic heterocycles. The zero-order valence-corrected chi connectivity index (χ0v) is 19.2. The van der Waals surface area contributed by atoms with Gasteiger partial charge in [-0.25, -0.2) is 9.69 Å². The highest BCUT2D eigenvalue weighted by Crippen LogP contribution is 2.25. The molecule has 9 heteroatoms. The van der Waals surface area contributed by atoms with Gasteiger partial charge in [0.05, 0.1) is 10.7 Å². The summed E-state index contributed by atoms with van der Waals surface area (Å²) >= 11 is 11.9. The molecule has 0 saturated carbocycles. The lowest BCUT2D eigenvalue weighted by Crippen LogP contribution is -2.54. The normalized spacial score (nSPS) is 14.8. The minimum absolute atomic E-state index is 0.170. The van der Waals surface area contributed by atoms with Crippen molar-refractivity contribution in [2.45, 2.75) is 0 Å². The first kappa shape index (κ1) is 23.4. The highest BCUT2D eigenvalue weighted by molar-refractivity contribution is 6.39. The number of hydrogen-bond acceptors (Lipinski definition) is 5. The first-order valence-corrected chi connectivity index (χ1v) is 11.0. The maximum Gasteiger partial charge on any atom is 0.335 e. The molecule has 4 amide bonds. The van der Waals surface area contributed by atoms with E-state index in [1.165, 1.54) is 18.2 Å². The summed E-state index contributed by atoms with van der Waals surface area (Å²) < 4.78 is 11.2. The lowest BCUT2D eigenvalue weighted by atomic mass is 10.1. The van der Waals surface area contributed by atoms with Crippen LogP contribution in [0.2, 0.25) is 10.0 Å². The van der Waals surface area contributed by atoms with E-state index in [1.807, 2.05) is 12.1 Å². The van der Waals surface area contributed by atoms with Gasteiger partial charge in [0.25, 0.3) is 11.8 Å². The monoisotopic (exact) mass is 496 g/mol. The molecule has 0 spiro atoms. The molecule has 172 valence electrons. The highest BCUT2D eigenvalue weighted by Gasteiger charge is 2.36. The summed E-state index contributed by atoms with van der Waals surface area (Å²) in [6, 6.07) is 19.3. The van der Waals surface area contributed by atoms with E-state index in [0.717, 1.165) is 4.90 Å². The van der Waals surface area contributed by atoms with Gasteiger partial charge in [-0.1, -0.05) is 47.5 Å². The average molecular weight is 497 g/mol. The van der Waals surface area contributed by atoms with Gasteiger partial charge in [0.1, 0.15) is 30.3 Å². The Bertz CT molecular complexity index is 1260. The molecule has 4 rings (SSSR count). The molecule has 0 aliphatic carbocycles. The zero-order valence-electron chi connectivity index (χ0n) is 17.7. The van der Waals surface area contributed by atoms with Crippen LogP contribution < -0.4 is 19.7 Å². The second-order valence-corrected chi connectivity index (χ2v) is 7.97. The Kier molecular flexibility index (Phi) is 7.15. The molecular weight excluding hydrogens is 479 g/mol. The number of carbonyl (C=O) groups excluding carboxylic acids is 3. The van der Waals surface area contributed by atoms with Crippen LogP contribution in [-0.4, -0.2) is 31.1 Å². The summed E-state index contributed by atoms with van der Waals surface area (Å²) in [5.74, 6) is -0.330. The molecule has 7 nitrogen and oxygen atoms in total. The molecular formula is C25H18Cl2N2O5. The summed E-state index contributed by atoms with van der Waals surface area (Å²) in [7, 11) is 0. The lowest BCUT2D eigenvalue weighted by Gasteiger charge is -2.26. The topological polar surface area (TPSA) is 84.9 Å². The molecule has 34 heavy (non-hydrogen) atoms. The van der Waals surface area contributed by atoms with Crippen LogP contribution in [0.25, 0.3) is 6.08 Å². The third-order valence-electron chi connectivity index (χ3n) is 4.82.